The van der Waals surface area contributed by atoms with Crippen molar-refractivity contribution in [3.05, 3.63) is 16.3 Å². The highest BCUT2D eigenvalue weighted by atomic mass is 16.2. The van der Waals surface area contributed by atoms with Crippen LogP contribution in [0, 0.1) is 5.41 Å². The summed E-state index contributed by atoms with van der Waals surface area (Å²) < 4.78 is 0. The van der Waals surface area contributed by atoms with Crippen LogP contribution in [0.2, 0.25) is 0 Å². The Morgan fingerprint density at radius 1 is 1.42 bits per heavy atom. The van der Waals surface area contributed by atoms with Crippen LogP contribution in [0.4, 0.5) is 0 Å². The second-order valence-electron chi connectivity index (χ2n) is 6.07. The fraction of sp³-hybridized carbons (Fsp3) is 0.769. The van der Waals surface area contributed by atoms with Gasteiger partial charge in [0.25, 0.3) is 0 Å². The molecule has 104 valence electrons. The molecule has 1 amide bonds. The highest BCUT2D eigenvalue weighted by Gasteiger charge is 2.43. The maximum Gasteiger partial charge on any atom is 0.340 e. The maximum absolute atomic E-state index is 12.5. The molecule has 1 aliphatic heterocycles. The van der Waals surface area contributed by atoms with E-state index in [2.05, 4.69) is 22.1 Å². The topological polar surface area (TPSA) is 81.8 Å². The quantitative estimate of drug-likeness (QED) is 0.836. The van der Waals surface area contributed by atoms with E-state index in [0.29, 0.717) is 12.4 Å². The minimum Gasteiger partial charge on any atom is -0.341 e. The molecule has 1 aromatic rings. The molecule has 2 fully saturated rings. The van der Waals surface area contributed by atoms with Gasteiger partial charge in [-0.25, -0.2) is 9.89 Å². The number of aromatic nitrogens is 3. The van der Waals surface area contributed by atoms with E-state index in [1.807, 2.05) is 4.90 Å². The third-order valence-corrected chi connectivity index (χ3v) is 4.59. The van der Waals surface area contributed by atoms with Gasteiger partial charge in [0, 0.05) is 24.4 Å². The molecule has 0 spiro atoms. The molecule has 1 saturated heterocycles. The summed E-state index contributed by atoms with van der Waals surface area (Å²) in [5, 5.41) is 6.40. The Labute approximate surface area is 111 Å². The Morgan fingerprint density at radius 3 is 2.79 bits per heavy atom. The number of hydrogen-bond donors (Lipinski definition) is 2. The number of piperidine rings is 1. The van der Waals surface area contributed by atoms with Crippen LogP contribution in [-0.2, 0) is 4.79 Å². The van der Waals surface area contributed by atoms with Crippen LogP contribution in [-0.4, -0.2) is 39.1 Å². The fourth-order valence-corrected chi connectivity index (χ4v) is 3.16. The highest BCUT2D eigenvalue weighted by Crippen LogP contribution is 2.42. The van der Waals surface area contributed by atoms with Crippen LogP contribution < -0.4 is 5.69 Å². The number of amides is 1. The van der Waals surface area contributed by atoms with Gasteiger partial charge < -0.3 is 4.90 Å². The van der Waals surface area contributed by atoms with Gasteiger partial charge >= 0.3 is 5.69 Å². The molecule has 1 unspecified atom stereocenters. The van der Waals surface area contributed by atoms with Gasteiger partial charge in [-0.2, -0.15) is 5.10 Å². The number of carbonyl (C=O) groups excluding carboxylic acids is 1. The molecule has 2 aliphatic rings. The maximum atomic E-state index is 12.5. The van der Waals surface area contributed by atoms with E-state index in [9.17, 15) is 9.59 Å². The average molecular weight is 264 g/mol. The molecule has 6 nitrogen and oxygen atoms in total. The Hall–Kier alpha value is -1.59. The zero-order valence-electron chi connectivity index (χ0n) is 11.2. The number of H-pyrrole nitrogens is 2. The van der Waals surface area contributed by atoms with Crippen molar-refractivity contribution < 1.29 is 4.79 Å². The van der Waals surface area contributed by atoms with E-state index in [0.717, 1.165) is 38.6 Å². The second-order valence-corrected chi connectivity index (χ2v) is 6.07. The summed E-state index contributed by atoms with van der Waals surface area (Å²) in [6.07, 6.45) is 5.12. The molecule has 3 rings (SSSR count). The van der Waals surface area contributed by atoms with Crippen molar-refractivity contribution in [2.75, 3.05) is 13.1 Å². The van der Waals surface area contributed by atoms with Crippen LogP contribution in [0.25, 0.3) is 0 Å². The number of hydrogen-bond acceptors (Lipinski definition) is 3. The lowest BCUT2D eigenvalue weighted by Crippen LogP contribution is -2.49. The van der Waals surface area contributed by atoms with Gasteiger partial charge in [0.15, 0.2) is 0 Å². The van der Waals surface area contributed by atoms with E-state index in [-0.39, 0.29) is 22.9 Å². The van der Waals surface area contributed by atoms with Crippen molar-refractivity contribution in [2.45, 2.75) is 44.9 Å². The molecule has 0 bridgehead atoms. The number of aromatic amines is 2. The van der Waals surface area contributed by atoms with Gasteiger partial charge in [0.2, 0.25) is 5.91 Å². The predicted molar refractivity (Wildman–Crippen MR) is 69.7 cm³/mol. The lowest BCUT2D eigenvalue weighted by molar-refractivity contribution is -0.147. The smallest absolute Gasteiger partial charge is 0.340 e. The molecule has 2 heterocycles. The van der Waals surface area contributed by atoms with Gasteiger partial charge in [0.1, 0.15) is 5.82 Å². The number of carbonyl (C=O) groups is 1. The summed E-state index contributed by atoms with van der Waals surface area (Å²) in [4.78, 5) is 28.3. The van der Waals surface area contributed by atoms with Crippen molar-refractivity contribution in [3.63, 3.8) is 0 Å². The largest absolute Gasteiger partial charge is 0.341 e. The van der Waals surface area contributed by atoms with E-state index in [1.165, 1.54) is 0 Å². The molecule has 2 N–H and O–H groups in total. The Bertz CT molecular complexity index is 529. The summed E-state index contributed by atoms with van der Waals surface area (Å²) in [5.74, 6) is 1.11. The number of nitrogens with zero attached hydrogens (tertiary/aromatic N) is 2. The van der Waals surface area contributed by atoms with Crippen LogP contribution >= 0.6 is 0 Å². The Morgan fingerprint density at radius 2 is 2.21 bits per heavy atom. The SMILES string of the molecule is CC1(C(=O)N2CCCC(c3n[nH]c(=O)[nH]3)C2)CCC1. The van der Waals surface area contributed by atoms with Gasteiger partial charge in [0.05, 0.1) is 0 Å². The zero-order chi connectivity index (χ0) is 13.5. The Balaban J connectivity index is 1.71. The first-order valence-electron chi connectivity index (χ1n) is 7.02. The van der Waals surface area contributed by atoms with Gasteiger partial charge in [-0.3, -0.25) is 9.78 Å². The van der Waals surface area contributed by atoms with E-state index in [4.69, 9.17) is 0 Å². The predicted octanol–water partition coefficient (Wildman–Crippen LogP) is 0.994. The molecule has 6 heteroatoms. The van der Waals surface area contributed by atoms with Crippen LogP contribution in [0.15, 0.2) is 4.79 Å². The molecule has 1 aromatic heterocycles. The number of rotatable bonds is 2. The molecule has 1 atom stereocenters. The molecular formula is C13H20N4O2. The first kappa shape index (κ1) is 12.4. The van der Waals surface area contributed by atoms with Crippen LogP contribution in [0.1, 0.15) is 50.8 Å². The first-order chi connectivity index (χ1) is 9.08. The number of likely N-dealkylation sites (tertiary alicyclic amines) is 1. The van der Waals surface area contributed by atoms with Gasteiger partial charge in [-0.1, -0.05) is 13.3 Å². The summed E-state index contributed by atoms with van der Waals surface area (Å²) in [5.41, 5.74) is -0.412. The summed E-state index contributed by atoms with van der Waals surface area (Å²) in [7, 11) is 0. The van der Waals surface area contributed by atoms with Crippen molar-refractivity contribution in [2.24, 2.45) is 5.41 Å². The van der Waals surface area contributed by atoms with Crippen molar-refractivity contribution in [1.29, 1.82) is 0 Å². The lowest BCUT2D eigenvalue weighted by atomic mass is 9.69. The third kappa shape index (κ3) is 2.19. The zero-order valence-corrected chi connectivity index (χ0v) is 11.2. The molecule has 0 radical (unpaired) electrons. The molecule has 1 aliphatic carbocycles. The minimum absolute atomic E-state index is 0.138. The highest BCUT2D eigenvalue weighted by molar-refractivity contribution is 5.83. The molecule has 0 aromatic carbocycles. The van der Waals surface area contributed by atoms with Gasteiger partial charge in [-0.15, -0.1) is 0 Å². The Kier molecular flexibility index (Phi) is 2.95. The monoisotopic (exact) mass is 264 g/mol. The second kappa shape index (κ2) is 4.51. The first-order valence-corrected chi connectivity index (χ1v) is 7.02. The standard InChI is InChI=1S/C13H20N4O2/c1-13(5-3-6-13)11(18)17-7-2-4-9(8-17)10-14-12(19)16-15-10/h9H,2-8H2,1H3,(H2,14,15,16,19). The van der Waals surface area contributed by atoms with Gasteiger partial charge in [-0.05, 0) is 25.7 Å². The van der Waals surface area contributed by atoms with Crippen LogP contribution in [0.5, 0.6) is 0 Å². The number of nitrogens with one attached hydrogen (secondary N) is 2. The minimum atomic E-state index is -0.274. The summed E-state index contributed by atoms with van der Waals surface area (Å²) >= 11 is 0. The fourth-order valence-electron chi connectivity index (χ4n) is 3.16. The molecule has 19 heavy (non-hydrogen) atoms. The molecule has 1 saturated carbocycles. The van der Waals surface area contributed by atoms with Crippen molar-refractivity contribution in [3.8, 4) is 0 Å². The van der Waals surface area contributed by atoms with Crippen molar-refractivity contribution in [1.82, 2.24) is 20.1 Å². The summed E-state index contributed by atoms with van der Waals surface area (Å²) in [6, 6.07) is 0. The summed E-state index contributed by atoms with van der Waals surface area (Å²) in [6.45, 7) is 3.58. The third-order valence-electron chi connectivity index (χ3n) is 4.59. The van der Waals surface area contributed by atoms with E-state index < -0.39 is 0 Å². The van der Waals surface area contributed by atoms with E-state index >= 15 is 0 Å². The van der Waals surface area contributed by atoms with Crippen molar-refractivity contribution >= 4 is 5.91 Å². The van der Waals surface area contributed by atoms with E-state index in [1.54, 1.807) is 0 Å². The van der Waals surface area contributed by atoms with Crippen LogP contribution in [0.3, 0.4) is 0 Å². The molecular weight excluding hydrogens is 244 g/mol. The average Bonchev–Trinajstić information content (AvgIpc) is 2.82. The normalized spacial score (nSPS) is 25.9. The lowest BCUT2D eigenvalue weighted by Gasteiger charge is -2.43.